The lowest BCUT2D eigenvalue weighted by Gasteiger charge is -2.36. The smallest absolute Gasteiger partial charge is 0.262 e. The number of nitrogens with zero attached hydrogens (tertiary/aromatic N) is 8. The molecule has 10 heteroatoms. The van der Waals surface area contributed by atoms with Crippen LogP contribution in [0.5, 0.6) is 0 Å². The Morgan fingerprint density at radius 1 is 1.03 bits per heavy atom. The molecule has 160 valence electrons. The third-order valence-corrected chi connectivity index (χ3v) is 5.74. The number of piperazine rings is 1. The molecule has 4 aromatic rings. The Bertz CT molecular complexity index is 1290. The van der Waals surface area contributed by atoms with E-state index in [0.717, 1.165) is 48.7 Å². The highest BCUT2D eigenvalue weighted by atomic mass is 16.5. The van der Waals surface area contributed by atoms with Crippen LogP contribution in [0.1, 0.15) is 0 Å². The number of hydrogen-bond donors (Lipinski definition) is 0. The van der Waals surface area contributed by atoms with E-state index in [-0.39, 0.29) is 5.56 Å². The van der Waals surface area contributed by atoms with Crippen molar-refractivity contribution < 1.29 is 4.74 Å². The third kappa shape index (κ3) is 3.38. The van der Waals surface area contributed by atoms with E-state index in [1.54, 1.807) is 31.4 Å². The van der Waals surface area contributed by atoms with Crippen LogP contribution in [0.15, 0.2) is 41.7 Å². The van der Waals surface area contributed by atoms with Crippen LogP contribution in [0.3, 0.4) is 0 Å². The number of imidazole rings is 1. The Hall–Kier alpha value is -3.53. The highest BCUT2D eigenvalue weighted by Gasteiger charge is 2.24. The van der Waals surface area contributed by atoms with Gasteiger partial charge in [0.15, 0.2) is 17.0 Å². The number of rotatable bonds is 5. The number of benzene rings is 1. The molecule has 0 amide bonds. The van der Waals surface area contributed by atoms with Crippen LogP contribution in [0.4, 0.5) is 11.8 Å². The standard InChI is InChI=1S/C21H24N8O2/c1-26-20(30)15-5-3-4-6-16(15)25-21(26)28-9-7-27(8-10-28)18-17-19(23-13-22-18)29(14-24-17)11-12-31-2/h3-6,13-14H,7-12H2,1-2H3. The quantitative estimate of drug-likeness (QED) is 0.473. The Morgan fingerprint density at radius 3 is 2.61 bits per heavy atom. The van der Waals surface area contributed by atoms with Crippen LogP contribution in [-0.2, 0) is 18.3 Å². The summed E-state index contributed by atoms with van der Waals surface area (Å²) >= 11 is 0. The van der Waals surface area contributed by atoms with Gasteiger partial charge >= 0.3 is 0 Å². The summed E-state index contributed by atoms with van der Waals surface area (Å²) in [7, 11) is 3.46. The summed E-state index contributed by atoms with van der Waals surface area (Å²) in [5.74, 6) is 1.53. The van der Waals surface area contributed by atoms with Gasteiger partial charge in [0.05, 0.1) is 23.8 Å². The van der Waals surface area contributed by atoms with Crippen LogP contribution >= 0.6 is 0 Å². The average molecular weight is 420 g/mol. The summed E-state index contributed by atoms with van der Waals surface area (Å²) in [5, 5.41) is 0.639. The second-order valence-corrected chi connectivity index (χ2v) is 7.57. The topological polar surface area (TPSA) is 94.2 Å². The van der Waals surface area contributed by atoms with E-state index < -0.39 is 0 Å². The van der Waals surface area contributed by atoms with Crippen molar-refractivity contribution in [2.75, 3.05) is 49.7 Å². The van der Waals surface area contributed by atoms with Crippen molar-refractivity contribution in [3.05, 3.63) is 47.3 Å². The number of methoxy groups -OCH3 is 1. The van der Waals surface area contributed by atoms with Gasteiger partial charge in [-0.2, -0.15) is 0 Å². The maximum absolute atomic E-state index is 12.8. The molecular weight excluding hydrogens is 396 g/mol. The maximum atomic E-state index is 12.8. The van der Waals surface area contributed by atoms with Gasteiger partial charge < -0.3 is 19.1 Å². The molecule has 0 aliphatic carbocycles. The van der Waals surface area contributed by atoms with E-state index in [1.165, 1.54) is 0 Å². The minimum Gasteiger partial charge on any atom is -0.383 e. The van der Waals surface area contributed by atoms with Crippen LogP contribution in [0.25, 0.3) is 22.1 Å². The molecule has 0 radical (unpaired) electrons. The molecule has 1 fully saturated rings. The second-order valence-electron chi connectivity index (χ2n) is 7.57. The van der Waals surface area contributed by atoms with Gasteiger partial charge in [-0.05, 0) is 12.1 Å². The summed E-state index contributed by atoms with van der Waals surface area (Å²) in [6.07, 6.45) is 3.37. The summed E-state index contributed by atoms with van der Waals surface area (Å²) in [6, 6.07) is 7.47. The van der Waals surface area contributed by atoms with E-state index in [0.29, 0.717) is 24.5 Å². The molecule has 5 rings (SSSR count). The van der Waals surface area contributed by atoms with Gasteiger partial charge in [0.25, 0.3) is 5.56 Å². The van der Waals surface area contributed by atoms with Crippen LogP contribution < -0.4 is 15.4 Å². The van der Waals surface area contributed by atoms with Gasteiger partial charge in [-0.25, -0.2) is 19.9 Å². The first-order valence-corrected chi connectivity index (χ1v) is 10.3. The fourth-order valence-corrected chi connectivity index (χ4v) is 4.06. The molecule has 4 heterocycles. The van der Waals surface area contributed by atoms with E-state index in [1.807, 2.05) is 28.8 Å². The SMILES string of the molecule is COCCn1cnc2c(N3CCN(c4nc5ccccc5c(=O)n4C)CC3)ncnc21. The molecule has 0 bridgehead atoms. The number of para-hydroxylation sites is 1. The first-order valence-electron chi connectivity index (χ1n) is 10.3. The number of aromatic nitrogens is 6. The van der Waals surface area contributed by atoms with Gasteiger partial charge in [-0.15, -0.1) is 0 Å². The van der Waals surface area contributed by atoms with E-state index >= 15 is 0 Å². The fourth-order valence-electron chi connectivity index (χ4n) is 4.06. The first-order chi connectivity index (χ1) is 15.2. The zero-order valence-electron chi connectivity index (χ0n) is 17.6. The van der Waals surface area contributed by atoms with E-state index in [9.17, 15) is 4.79 Å². The lowest BCUT2D eigenvalue weighted by molar-refractivity contribution is 0.188. The van der Waals surface area contributed by atoms with Gasteiger partial charge in [0.2, 0.25) is 5.95 Å². The molecule has 3 aromatic heterocycles. The molecule has 10 nitrogen and oxygen atoms in total. The average Bonchev–Trinajstić information content (AvgIpc) is 3.23. The van der Waals surface area contributed by atoms with Crippen molar-refractivity contribution >= 4 is 33.8 Å². The molecular formula is C21H24N8O2. The monoisotopic (exact) mass is 420 g/mol. The summed E-state index contributed by atoms with van der Waals surface area (Å²) in [4.78, 5) is 35.4. The highest BCUT2D eigenvalue weighted by molar-refractivity contribution is 5.83. The summed E-state index contributed by atoms with van der Waals surface area (Å²) in [6.45, 7) is 4.25. The third-order valence-electron chi connectivity index (χ3n) is 5.74. The molecule has 0 saturated carbocycles. The lowest BCUT2D eigenvalue weighted by atomic mass is 10.2. The minimum absolute atomic E-state index is 0.0258. The van der Waals surface area contributed by atoms with Crippen LogP contribution in [0, 0.1) is 0 Å². The van der Waals surface area contributed by atoms with Crippen molar-refractivity contribution in [3.63, 3.8) is 0 Å². The summed E-state index contributed by atoms with van der Waals surface area (Å²) < 4.78 is 8.79. The molecule has 0 atom stereocenters. The molecule has 0 N–H and O–H groups in total. The predicted molar refractivity (Wildman–Crippen MR) is 119 cm³/mol. The van der Waals surface area contributed by atoms with Crippen molar-refractivity contribution in [3.8, 4) is 0 Å². The number of hydrogen-bond acceptors (Lipinski definition) is 8. The molecule has 1 aliphatic rings. The van der Waals surface area contributed by atoms with Crippen molar-refractivity contribution in [1.82, 2.24) is 29.1 Å². The predicted octanol–water partition coefficient (Wildman–Crippen LogP) is 1.05. The molecule has 1 saturated heterocycles. The largest absolute Gasteiger partial charge is 0.383 e. The van der Waals surface area contributed by atoms with Crippen LogP contribution in [0.2, 0.25) is 0 Å². The molecule has 0 unspecified atom stereocenters. The number of anilines is 2. The number of ether oxygens (including phenoxy) is 1. The number of fused-ring (bicyclic) bond motifs is 2. The van der Waals surface area contributed by atoms with E-state index in [2.05, 4.69) is 24.8 Å². The molecule has 0 spiro atoms. The minimum atomic E-state index is -0.0258. The Kier molecular flexibility index (Phi) is 4.99. The Morgan fingerprint density at radius 2 is 1.81 bits per heavy atom. The molecule has 1 aliphatic heterocycles. The Labute approximate surface area is 178 Å². The fraction of sp³-hybridized carbons (Fsp3) is 0.381. The lowest BCUT2D eigenvalue weighted by Crippen LogP contribution is -2.48. The first kappa shape index (κ1) is 19.4. The molecule has 31 heavy (non-hydrogen) atoms. The van der Waals surface area contributed by atoms with Gasteiger partial charge in [0, 0.05) is 46.9 Å². The van der Waals surface area contributed by atoms with Gasteiger partial charge in [-0.3, -0.25) is 9.36 Å². The van der Waals surface area contributed by atoms with Crippen LogP contribution in [-0.4, -0.2) is 69.0 Å². The summed E-state index contributed by atoms with van der Waals surface area (Å²) in [5.41, 5.74) is 2.30. The zero-order chi connectivity index (χ0) is 21.4. The van der Waals surface area contributed by atoms with Crippen molar-refractivity contribution in [2.24, 2.45) is 7.05 Å². The zero-order valence-corrected chi connectivity index (χ0v) is 17.6. The van der Waals surface area contributed by atoms with Crippen molar-refractivity contribution in [2.45, 2.75) is 6.54 Å². The molecule has 1 aromatic carbocycles. The normalized spacial score (nSPS) is 14.6. The highest BCUT2D eigenvalue weighted by Crippen LogP contribution is 2.24. The van der Waals surface area contributed by atoms with Gasteiger partial charge in [-0.1, -0.05) is 12.1 Å². The maximum Gasteiger partial charge on any atom is 0.262 e. The van der Waals surface area contributed by atoms with Crippen molar-refractivity contribution in [1.29, 1.82) is 0 Å². The van der Waals surface area contributed by atoms with E-state index in [4.69, 9.17) is 9.72 Å². The Balaban J connectivity index is 1.39. The second kappa shape index (κ2) is 7.95. The van der Waals surface area contributed by atoms with Gasteiger partial charge in [0.1, 0.15) is 6.33 Å².